The minimum atomic E-state index is -0.0497. The predicted molar refractivity (Wildman–Crippen MR) is 87.5 cm³/mol. The van der Waals surface area contributed by atoms with Crippen molar-refractivity contribution < 1.29 is 4.79 Å². The van der Waals surface area contributed by atoms with Crippen LogP contribution in [0, 0.1) is 0 Å². The van der Waals surface area contributed by atoms with Gasteiger partial charge in [-0.2, -0.15) is 0 Å². The molecule has 0 bridgehead atoms. The van der Waals surface area contributed by atoms with Gasteiger partial charge in [0, 0.05) is 23.7 Å². The molecular weight excluding hydrogens is 260 g/mol. The van der Waals surface area contributed by atoms with E-state index in [1.165, 1.54) is 0 Å². The van der Waals surface area contributed by atoms with E-state index in [-0.39, 0.29) is 5.91 Å². The molecule has 0 heterocycles. The standard InChI is InChI=1S/C18H16N2O/c1-20(18(21)14-9-11-15(19)12-10-14)17-8-4-6-13-5-2-3-7-16(13)17/h2-12H,19H2,1H3. The van der Waals surface area contributed by atoms with E-state index in [1.54, 1.807) is 36.2 Å². The lowest BCUT2D eigenvalue weighted by Crippen LogP contribution is -2.26. The highest BCUT2D eigenvalue weighted by Crippen LogP contribution is 2.26. The molecule has 1 amide bonds. The van der Waals surface area contributed by atoms with Crippen molar-refractivity contribution in [1.29, 1.82) is 0 Å². The molecule has 0 aliphatic heterocycles. The molecule has 3 nitrogen and oxygen atoms in total. The van der Waals surface area contributed by atoms with Gasteiger partial charge < -0.3 is 10.6 Å². The van der Waals surface area contributed by atoms with Crippen molar-refractivity contribution in [2.24, 2.45) is 0 Å². The van der Waals surface area contributed by atoms with Gasteiger partial charge in [-0.25, -0.2) is 0 Å². The van der Waals surface area contributed by atoms with Crippen LogP contribution in [0.25, 0.3) is 10.8 Å². The van der Waals surface area contributed by atoms with Gasteiger partial charge in [-0.05, 0) is 35.7 Å². The molecule has 0 saturated carbocycles. The number of rotatable bonds is 2. The van der Waals surface area contributed by atoms with Crippen molar-refractivity contribution >= 4 is 28.1 Å². The number of nitrogen functional groups attached to an aromatic ring is 1. The minimum absolute atomic E-state index is 0.0497. The van der Waals surface area contributed by atoms with Crippen LogP contribution in [-0.2, 0) is 0 Å². The molecule has 3 heteroatoms. The van der Waals surface area contributed by atoms with Crippen LogP contribution >= 0.6 is 0 Å². The molecule has 0 saturated heterocycles. The Morgan fingerprint density at radius 1 is 0.905 bits per heavy atom. The summed E-state index contributed by atoms with van der Waals surface area (Å²) in [6.45, 7) is 0. The monoisotopic (exact) mass is 276 g/mol. The van der Waals surface area contributed by atoms with Gasteiger partial charge in [-0.3, -0.25) is 4.79 Å². The molecule has 0 aliphatic rings. The Balaban J connectivity index is 2.02. The number of fused-ring (bicyclic) bond motifs is 1. The average Bonchev–Trinajstić information content (AvgIpc) is 2.53. The van der Waals surface area contributed by atoms with Crippen LogP contribution in [0.15, 0.2) is 66.7 Å². The zero-order chi connectivity index (χ0) is 14.8. The number of anilines is 2. The quantitative estimate of drug-likeness (QED) is 0.725. The number of nitrogens with zero attached hydrogens (tertiary/aromatic N) is 1. The first-order chi connectivity index (χ1) is 10.2. The third-order valence-electron chi connectivity index (χ3n) is 3.59. The maximum atomic E-state index is 12.6. The van der Waals surface area contributed by atoms with Crippen molar-refractivity contribution in [2.45, 2.75) is 0 Å². The smallest absolute Gasteiger partial charge is 0.258 e. The van der Waals surface area contributed by atoms with Gasteiger partial charge in [-0.15, -0.1) is 0 Å². The summed E-state index contributed by atoms with van der Waals surface area (Å²) in [6, 6.07) is 21.0. The summed E-state index contributed by atoms with van der Waals surface area (Å²) in [5.74, 6) is -0.0497. The molecule has 21 heavy (non-hydrogen) atoms. The van der Waals surface area contributed by atoms with E-state index < -0.39 is 0 Å². The van der Waals surface area contributed by atoms with Gasteiger partial charge >= 0.3 is 0 Å². The Bertz CT molecular complexity index is 788. The molecule has 0 spiro atoms. The van der Waals surface area contributed by atoms with Crippen molar-refractivity contribution in [3.8, 4) is 0 Å². The molecule has 0 atom stereocenters. The molecule has 0 fully saturated rings. The van der Waals surface area contributed by atoms with E-state index in [0.717, 1.165) is 16.5 Å². The third kappa shape index (κ3) is 2.46. The molecule has 0 unspecified atom stereocenters. The summed E-state index contributed by atoms with van der Waals surface area (Å²) < 4.78 is 0. The lowest BCUT2D eigenvalue weighted by molar-refractivity contribution is 0.0993. The van der Waals surface area contributed by atoms with E-state index in [2.05, 4.69) is 0 Å². The highest BCUT2D eigenvalue weighted by atomic mass is 16.2. The summed E-state index contributed by atoms with van der Waals surface area (Å²) in [4.78, 5) is 14.3. The lowest BCUT2D eigenvalue weighted by atomic mass is 10.1. The fraction of sp³-hybridized carbons (Fsp3) is 0.0556. The summed E-state index contributed by atoms with van der Waals surface area (Å²) in [7, 11) is 1.79. The van der Waals surface area contributed by atoms with E-state index in [0.29, 0.717) is 11.3 Å². The zero-order valence-electron chi connectivity index (χ0n) is 11.8. The van der Waals surface area contributed by atoms with Crippen LogP contribution in [0.4, 0.5) is 11.4 Å². The summed E-state index contributed by atoms with van der Waals surface area (Å²) in [5, 5.41) is 2.18. The van der Waals surface area contributed by atoms with Crippen LogP contribution in [0.3, 0.4) is 0 Å². The fourth-order valence-corrected chi connectivity index (χ4v) is 2.43. The van der Waals surface area contributed by atoms with Crippen LogP contribution in [-0.4, -0.2) is 13.0 Å². The molecule has 2 N–H and O–H groups in total. The Kier molecular flexibility index (Phi) is 3.32. The highest BCUT2D eigenvalue weighted by Gasteiger charge is 2.15. The van der Waals surface area contributed by atoms with Crippen LogP contribution < -0.4 is 10.6 Å². The lowest BCUT2D eigenvalue weighted by Gasteiger charge is -2.19. The summed E-state index contributed by atoms with van der Waals surface area (Å²) >= 11 is 0. The maximum absolute atomic E-state index is 12.6. The van der Waals surface area contributed by atoms with Gasteiger partial charge in [0.2, 0.25) is 0 Å². The number of amides is 1. The van der Waals surface area contributed by atoms with Crippen molar-refractivity contribution in [1.82, 2.24) is 0 Å². The Labute approximate surface area is 123 Å². The highest BCUT2D eigenvalue weighted by molar-refractivity contribution is 6.10. The topological polar surface area (TPSA) is 46.3 Å². The second kappa shape index (κ2) is 5.29. The SMILES string of the molecule is CN(C(=O)c1ccc(N)cc1)c1cccc2ccccc12. The van der Waals surface area contributed by atoms with Gasteiger partial charge in [0.15, 0.2) is 0 Å². The molecule has 3 rings (SSSR count). The molecule has 0 aliphatic carbocycles. The number of carbonyl (C=O) groups is 1. The molecule has 0 aromatic heterocycles. The van der Waals surface area contributed by atoms with Crippen molar-refractivity contribution in [3.05, 3.63) is 72.3 Å². The molecule has 0 radical (unpaired) electrons. The zero-order valence-corrected chi connectivity index (χ0v) is 11.8. The van der Waals surface area contributed by atoms with E-state index >= 15 is 0 Å². The second-order valence-electron chi connectivity index (χ2n) is 4.98. The molecule has 104 valence electrons. The number of benzene rings is 3. The summed E-state index contributed by atoms with van der Waals surface area (Å²) in [6.07, 6.45) is 0. The Morgan fingerprint density at radius 3 is 2.33 bits per heavy atom. The molecule has 3 aromatic rings. The summed E-state index contributed by atoms with van der Waals surface area (Å²) in [5.41, 5.74) is 7.84. The number of hydrogen-bond donors (Lipinski definition) is 1. The van der Waals surface area contributed by atoms with Gasteiger partial charge in [0.1, 0.15) is 0 Å². The van der Waals surface area contributed by atoms with Gasteiger partial charge in [0.25, 0.3) is 5.91 Å². The molecule has 3 aromatic carbocycles. The van der Waals surface area contributed by atoms with Gasteiger partial charge in [0.05, 0.1) is 5.69 Å². The van der Waals surface area contributed by atoms with Crippen LogP contribution in [0.5, 0.6) is 0 Å². The first-order valence-corrected chi connectivity index (χ1v) is 6.78. The fourth-order valence-electron chi connectivity index (χ4n) is 2.43. The Morgan fingerprint density at radius 2 is 1.57 bits per heavy atom. The number of nitrogens with two attached hydrogens (primary N) is 1. The second-order valence-corrected chi connectivity index (χ2v) is 4.98. The average molecular weight is 276 g/mol. The normalized spacial score (nSPS) is 10.5. The molecular formula is C18H16N2O. The van der Waals surface area contributed by atoms with Crippen molar-refractivity contribution in [3.63, 3.8) is 0 Å². The van der Waals surface area contributed by atoms with Crippen molar-refractivity contribution in [2.75, 3.05) is 17.7 Å². The maximum Gasteiger partial charge on any atom is 0.258 e. The number of carbonyl (C=O) groups excluding carboxylic acids is 1. The number of hydrogen-bond acceptors (Lipinski definition) is 2. The first-order valence-electron chi connectivity index (χ1n) is 6.78. The van der Waals surface area contributed by atoms with E-state index in [1.807, 2.05) is 42.5 Å². The first kappa shape index (κ1) is 13.2. The predicted octanol–water partition coefficient (Wildman–Crippen LogP) is 3.70. The van der Waals surface area contributed by atoms with E-state index in [4.69, 9.17) is 5.73 Å². The minimum Gasteiger partial charge on any atom is -0.399 e. The van der Waals surface area contributed by atoms with Gasteiger partial charge in [-0.1, -0.05) is 36.4 Å². The largest absolute Gasteiger partial charge is 0.399 e. The van der Waals surface area contributed by atoms with Crippen LogP contribution in [0.1, 0.15) is 10.4 Å². The Hall–Kier alpha value is -2.81. The van der Waals surface area contributed by atoms with E-state index in [9.17, 15) is 4.79 Å². The van der Waals surface area contributed by atoms with Crippen LogP contribution in [0.2, 0.25) is 0 Å². The third-order valence-corrected chi connectivity index (χ3v) is 3.59.